The van der Waals surface area contributed by atoms with Gasteiger partial charge in [0.1, 0.15) is 0 Å². The van der Waals surface area contributed by atoms with Gasteiger partial charge in [0.25, 0.3) is 5.91 Å². The molecule has 0 saturated heterocycles. The Hall–Kier alpha value is -0.870. The van der Waals surface area contributed by atoms with Gasteiger partial charge < -0.3 is 10.4 Å². The summed E-state index contributed by atoms with van der Waals surface area (Å²) in [6.45, 7) is 2.15. The molecular formula is C13H19NO2S. The standard InChI is InChI=1S/C13H19NO2S/c1-2-10(6-7-15)14-13(16)12-8-9-4-3-5-11(9)17-12/h8,10,15H,2-7H2,1H3,(H,14,16). The number of aliphatic hydroxyl groups is 1. The average Bonchev–Trinajstić information content (AvgIpc) is 2.88. The fraction of sp³-hybridized carbons (Fsp3) is 0.615. The van der Waals surface area contributed by atoms with Gasteiger partial charge in [-0.1, -0.05) is 6.92 Å². The van der Waals surface area contributed by atoms with Crippen LogP contribution in [0.25, 0.3) is 0 Å². The summed E-state index contributed by atoms with van der Waals surface area (Å²) in [5.74, 6) is 0.0182. The van der Waals surface area contributed by atoms with Crippen LogP contribution in [0, 0.1) is 0 Å². The highest BCUT2D eigenvalue weighted by Gasteiger charge is 2.19. The monoisotopic (exact) mass is 253 g/mol. The van der Waals surface area contributed by atoms with E-state index >= 15 is 0 Å². The van der Waals surface area contributed by atoms with Gasteiger partial charge in [-0.2, -0.15) is 0 Å². The second-order valence-corrected chi connectivity index (χ2v) is 5.64. The highest BCUT2D eigenvalue weighted by molar-refractivity contribution is 7.14. The van der Waals surface area contributed by atoms with Crippen molar-refractivity contribution in [3.05, 3.63) is 21.4 Å². The molecule has 1 unspecified atom stereocenters. The van der Waals surface area contributed by atoms with Gasteiger partial charge in [0.05, 0.1) is 4.88 Å². The zero-order chi connectivity index (χ0) is 12.3. The molecule has 0 fully saturated rings. The van der Waals surface area contributed by atoms with Crippen LogP contribution in [-0.4, -0.2) is 23.7 Å². The summed E-state index contributed by atoms with van der Waals surface area (Å²) >= 11 is 1.63. The molecule has 4 heteroatoms. The van der Waals surface area contributed by atoms with E-state index in [1.54, 1.807) is 11.3 Å². The van der Waals surface area contributed by atoms with Crippen molar-refractivity contribution in [2.45, 2.75) is 45.1 Å². The van der Waals surface area contributed by atoms with Crippen molar-refractivity contribution < 1.29 is 9.90 Å². The molecule has 1 aliphatic carbocycles. The van der Waals surface area contributed by atoms with Crippen LogP contribution in [0.15, 0.2) is 6.07 Å². The molecule has 1 amide bonds. The SMILES string of the molecule is CCC(CCO)NC(=O)c1cc2c(s1)CCC2. The number of thiophene rings is 1. The molecule has 94 valence electrons. The van der Waals surface area contributed by atoms with Gasteiger partial charge in [0.15, 0.2) is 0 Å². The predicted octanol–water partition coefficient (Wildman–Crippen LogP) is 2.13. The fourth-order valence-corrected chi connectivity index (χ4v) is 3.39. The topological polar surface area (TPSA) is 49.3 Å². The third-order valence-electron chi connectivity index (χ3n) is 3.28. The quantitative estimate of drug-likeness (QED) is 0.844. The minimum absolute atomic E-state index is 0.0182. The van der Waals surface area contributed by atoms with Crippen molar-refractivity contribution in [3.8, 4) is 0 Å². The summed E-state index contributed by atoms with van der Waals surface area (Å²) in [5.41, 5.74) is 1.36. The number of aryl methyl sites for hydroxylation is 2. The molecule has 0 aromatic carbocycles. The molecule has 1 aromatic heterocycles. The average molecular weight is 253 g/mol. The molecular weight excluding hydrogens is 234 g/mol. The van der Waals surface area contributed by atoms with Gasteiger partial charge in [-0.15, -0.1) is 11.3 Å². The van der Waals surface area contributed by atoms with Crippen LogP contribution in [-0.2, 0) is 12.8 Å². The van der Waals surface area contributed by atoms with E-state index in [4.69, 9.17) is 5.11 Å². The van der Waals surface area contributed by atoms with Crippen molar-refractivity contribution in [2.75, 3.05) is 6.61 Å². The molecule has 1 aromatic rings. The number of fused-ring (bicyclic) bond motifs is 1. The Morgan fingerprint density at radius 1 is 1.59 bits per heavy atom. The highest BCUT2D eigenvalue weighted by atomic mass is 32.1. The zero-order valence-electron chi connectivity index (χ0n) is 10.2. The van der Waals surface area contributed by atoms with Crippen LogP contribution in [0.1, 0.15) is 46.3 Å². The maximum absolute atomic E-state index is 12.0. The lowest BCUT2D eigenvalue weighted by atomic mass is 10.1. The Labute approximate surface area is 106 Å². The first-order valence-corrected chi connectivity index (χ1v) is 7.09. The van der Waals surface area contributed by atoms with Gasteiger partial charge in [-0.05, 0) is 43.7 Å². The van der Waals surface area contributed by atoms with Gasteiger partial charge in [0, 0.05) is 17.5 Å². The van der Waals surface area contributed by atoms with E-state index in [0.29, 0.717) is 6.42 Å². The maximum Gasteiger partial charge on any atom is 0.261 e. The molecule has 0 radical (unpaired) electrons. The van der Waals surface area contributed by atoms with Crippen molar-refractivity contribution in [3.63, 3.8) is 0 Å². The summed E-state index contributed by atoms with van der Waals surface area (Å²) in [4.78, 5) is 14.2. The van der Waals surface area contributed by atoms with E-state index < -0.39 is 0 Å². The Morgan fingerprint density at radius 2 is 2.41 bits per heavy atom. The van der Waals surface area contributed by atoms with Crippen LogP contribution in [0.3, 0.4) is 0 Å². The molecule has 0 bridgehead atoms. The first-order valence-electron chi connectivity index (χ1n) is 6.28. The van der Waals surface area contributed by atoms with Crippen LogP contribution in [0.5, 0.6) is 0 Å². The van der Waals surface area contributed by atoms with Crippen LogP contribution in [0.2, 0.25) is 0 Å². The largest absolute Gasteiger partial charge is 0.396 e. The maximum atomic E-state index is 12.0. The molecule has 3 nitrogen and oxygen atoms in total. The van der Waals surface area contributed by atoms with Crippen molar-refractivity contribution in [1.82, 2.24) is 5.32 Å². The van der Waals surface area contributed by atoms with Gasteiger partial charge in [-0.25, -0.2) is 0 Å². The molecule has 0 aliphatic heterocycles. The summed E-state index contributed by atoms with van der Waals surface area (Å²) in [7, 11) is 0. The van der Waals surface area contributed by atoms with Crippen LogP contribution >= 0.6 is 11.3 Å². The van der Waals surface area contributed by atoms with Gasteiger partial charge in [-0.3, -0.25) is 4.79 Å². The van der Waals surface area contributed by atoms with Crippen molar-refractivity contribution in [1.29, 1.82) is 0 Å². The summed E-state index contributed by atoms with van der Waals surface area (Å²) in [6, 6.07) is 2.12. The Balaban J connectivity index is 1.99. The van der Waals surface area contributed by atoms with Crippen molar-refractivity contribution in [2.24, 2.45) is 0 Å². The van der Waals surface area contributed by atoms with E-state index in [-0.39, 0.29) is 18.6 Å². The van der Waals surface area contributed by atoms with E-state index in [1.807, 2.05) is 13.0 Å². The van der Waals surface area contributed by atoms with Crippen LogP contribution < -0.4 is 5.32 Å². The summed E-state index contributed by atoms with van der Waals surface area (Å²) < 4.78 is 0. The van der Waals surface area contributed by atoms with E-state index in [0.717, 1.165) is 24.1 Å². The minimum atomic E-state index is 0.0182. The molecule has 1 heterocycles. The Bertz CT molecular complexity index is 379. The minimum Gasteiger partial charge on any atom is -0.396 e. The molecule has 1 aliphatic rings. The third kappa shape index (κ3) is 2.87. The number of hydrogen-bond donors (Lipinski definition) is 2. The molecule has 0 spiro atoms. The number of hydrogen-bond acceptors (Lipinski definition) is 3. The number of aliphatic hydroxyl groups excluding tert-OH is 1. The number of amides is 1. The number of rotatable bonds is 5. The second kappa shape index (κ2) is 5.65. The summed E-state index contributed by atoms with van der Waals surface area (Å²) in [6.07, 6.45) is 4.96. The molecule has 1 atom stereocenters. The van der Waals surface area contributed by atoms with E-state index in [1.165, 1.54) is 16.9 Å². The van der Waals surface area contributed by atoms with Crippen molar-refractivity contribution >= 4 is 17.2 Å². The number of nitrogens with one attached hydrogen (secondary N) is 1. The van der Waals surface area contributed by atoms with E-state index in [2.05, 4.69) is 5.32 Å². The third-order valence-corrected chi connectivity index (χ3v) is 4.51. The van der Waals surface area contributed by atoms with E-state index in [9.17, 15) is 4.79 Å². The fourth-order valence-electron chi connectivity index (χ4n) is 2.23. The lowest BCUT2D eigenvalue weighted by Gasteiger charge is -2.14. The Morgan fingerprint density at radius 3 is 3.06 bits per heavy atom. The second-order valence-electron chi connectivity index (χ2n) is 4.50. The number of carbonyl (C=O) groups is 1. The summed E-state index contributed by atoms with van der Waals surface area (Å²) in [5, 5.41) is 11.9. The molecule has 2 rings (SSSR count). The smallest absolute Gasteiger partial charge is 0.261 e. The zero-order valence-corrected chi connectivity index (χ0v) is 11.0. The number of carbonyl (C=O) groups excluding carboxylic acids is 1. The normalized spacial score (nSPS) is 15.6. The van der Waals surface area contributed by atoms with Gasteiger partial charge >= 0.3 is 0 Å². The first kappa shape index (κ1) is 12.6. The Kier molecular flexibility index (Phi) is 4.18. The first-order chi connectivity index (χ1) is 8.24. The van der Waals surface area contributed by atoms with Gasteiger partial charge in [0.2, 0.25) is 0 Å². The molecule has 0 saturated carbocycles. The highest BCUT2D eigenvalue weighted by Crippen LogP contribution is 2.30. The molecule has 2 N–H and O–H groups in total. The van der Waals surface area contributed by atoms with Crippen LogP contribution in [0.4, 0.5) is 0 Å². The predicted molar refractivity (Wildman–Crippen MR) is 69.6 cm³/mol. The lowest BCUT2D eigenvalue weighted by Crippen LogP contribution is -2.34. The molecule has 17 heavy (non-hydrogen) atoms. The lowest BCUT2D eigenvalue weighted by molar-refractivity contribution is 0.0933.